The van der Waals surface area contributed by atoms with Crippen molar-refractivity contribution in [3.63, 3.8) is 0 Å². The number of pyridine rings is 1. The Morgan fingerprint density at radius 1 is 1.07 bits per heavy atom. The number of nitrogens with zero attached hydrogens (tertiary/aromatic N) is 7. The number of ether oxygens (including phenoxy) is 1. The lowest BCUT2D eigenvalue weighted by atomic mass is 10.1. The predicted octanol–water partition coefficient (Wildman–Crippen LogP) is 3.93. The van der Waals surface area contributed by atoms with Gasteiger partial charge in [-0.15, -0.1) is 0 Å². The highest BCUT2D eigenvalue weighted by Gasteiger charge is 2.38. The molecular weight excluding hydrogens is 606 g/mol. The van der Waals surface area contributed by atoms with Crippen LogP contribution in [0.15, 0.2) is 30.9 Å². The lowest BCUT2D eigenvalue weighted by Crippen LogP contribution is -2.42. The van der Waals surface area contributed by atoms with Gasteiger partial charge in [-0.05, 0) is 39.9 Å². The molecule has 0 radical (unpaired) electrons. The Kier molecular flexibility index (Phi) is 9.22. The van der Waals surface area contributed by atoms with E-state index < -0.39 is 51.1 Å². The van der Waals surface area contributed by atoms with Crippen LogP contribution < -0.4 is 10.1 Å². The Morgan fingerprint density at radius 2 is 1.74 bits per heavy atom. The van der Waals surface area contributed by atoms with Crippen LogP contribution in [0.5, 0.6) is 5.88 Å². The highest BCUT2D eigenvalue weighted by Crippen LogP contribution is 2.37. The molecule has 0 saturated carbocycles. The van der Waals surface area contributed by atoms with E-state index in [1.165, 1.54) is 10.4 Å². The zero-order valence-electron chi connectivity index (χ0n) is 23.6. The third-order valence-corrected chi connectivity index (χ3v) is 7.82. The van der Waals surface area contributed by atoms with E-state index in [2.05, 4.69) is 25.3 Å². The van der Waals surface area contributed by atoms with Gasteiger partial charge in [-0.3, -0.25) is 0 Å². The molecule has 1 unspecified atom stereocenters. The molecule has 0 bridgehead atoms. The summed E-state index contributed by atoms with van der Waals surface area (Å²) in [6.45, 7) is 2.52. The topological polar surface area (TPSA) is 118 Å². The molecule has 236 valence electrons. The van der Waals surface area contributed by atoms with Gasteiger partial charge in [0.25, 0.3) is 0 Å². The van der Waals surface area contributed by atoms with Crippen LogP contribution in [0.1, 0.15) is 31.0 Å². The predicted molar refractivity (Wildman–Crippen MR) is 144 cm³/mol. The maximum absolute atomic E-state index is 14.0. The average molecular weight is 637 g/mol. The molecule has 43 heavy (non-hydrogen) atoms. The first-order valence-corrected chi connectivity index (χ1v) is 14.9. The van der Waals surface area contributed by atoms with Crippen LogP contribution >= 0.6 is 0 Å². The average Bonchev–Trinajstić information content (AvgIpc) is 3.37. The van der Waals surface area contributed by atoms with Crippen LogP contribution in [0.3, 0.4) is 0 Å². The molecule has 1 saturated heterocycles. The number of rotatable bonds is 9. The largest absolute Gasteiger partial charge is 0.473 e. The first kappa shape index (κ1) is 32.4. The zero-order chi connectivity index (χ0) is 31.7. The summed E-state index contributed by atoms with van der Waals surface area (Å²) in [6.07, 6.45) is -5.96. The summed E-state index contributed by atoms with van der Waals surface area (Å²) in [6, 6.07) is 2.01. The second-order valence-corrected chi connectivity index (χ2v) is 12.4. The number of piperidine rings is 1. The molecule has 1 N–H and O–H groups in total. The SMILES string of the molecule is CC(CN(C)C)Oc1ccc(-n2cnc(-c3nc(NC4CCN(S(C)(=O)=O)CC4)ncc3C(F)(F)F)c2)c(C(F)(F)F)n1. The second kappa shape index (κ2) is 12.2. The van der Waals surface area contributed by atoms with E-state index in [0.717, 1.165) is 29.4 Å². The molecule has 0 spiro atoms. The Balaban J connectivity index is 1.64. The number of hydrogen-bond donors (Lipinski definition) is 1. The number of likely N-dealkylation sites (N-methyl/N-ethyl adjacent to an activating group) is 1. The molecule has 1 atom stereocenters. The van der Waals surface area contributed by atoms with Crippen molar-refractivity contribution in [2.45, 2.75) is 44.3 Å². The van der Waals surface area contributed by atoms with Crippen LogP contribution in [-0.4, -0.2) is 94.3 Å². The maximum atomic E-state index is 14.0. The van der Waals surface area contributed by atoms with Gasteiger partial charge >= 0.3 is 12.4 Å². The van der Waals surface area contributed by atoms with Crippen LogP contribution in [0.25, 0.3) is 17.1 Å². The molecule has 11 nitrogen and oxygen atoms in total. The van der Waals surface area contributed by atoms with Crippen LogP contribution in [-0.2, 0) is 22.4 Å². The number of sulfonamides is 1. The van der Waals surface area contributed by atoms with E-state index in [-0.39, 0.29) is 36.7 Å². The molecule has 0 aliphatic carbocycles. The van der Waals surface area contributed by atoms with E-state index in [9.17, 15) is 34.8 Å². The summed E-state index contributed by atoms with van der Waals surface area (Å²) in [5, 5.41) is 2.92. The van der Waals surface area contributed by atoms with Gasteiger partial charge in [-0.1, -0.05) is 0 Å². The number of nitrogens with one attached hydrogen (secondary N) is 1. The van der Waals surface area contributed by atoms with E-state index in [4.69, 9.17) is 4.74 Å². The summed E-state index contributed by atoms with van der Waals surface area (Å²) < 4.78 is 115. The molecule has 4 heterocycles. The standard InChI is InChI=1S/C25H30F6N8O3S/c1-15(12-37(2)3)42-20-6-5-19(22(35-20)25(29,30)31)38-13-18(33-14-38)21-17(24(26,27)28)11-32-23(36-21)34-16-7-9-39(10-8-16)43(4,40)41/h5-6,11,13-16H,7-10,12H2,1-4H3,(H,32,34,36). The lowest BCUT2D eigenvalue weighted by molar-refractivity contribution is -0.141. The summed E-state index contributed by atoms with van der Waals surface area (Å²) in [7, 11) is 0.177. The molecular formula is C25H30F6N8O3S. The Labute approximate surface area is 244 Å². The van der Waals surface area contributed by atoms with Gasteiger partial charge in [0.2, 0.25) is 21.9 Å². The molecule has 18 heteroatoms. The van der Waals surface area contributed by atoms with Crippen molar-refractivity contribution in [2.24, 2.45) is 0 Å². The van der Waals surface area contributed by atoms with Gasteiger partial charge in [0.15, 0.2) is 5.69 Å². The molecule has 1 aliphatic rings. The van der Waals surface area contributed by atoms with E-state index in [0.29, 0.717) is 25.6 Å². The maximum Gasteiger partial charge on any atom is 0.435 e. The fourth-order valence-electron chi connectivity index (χ4n) is 4.62. The Morgan fingerprint density at radius 3 is 2.33 bits per heavy atom. The minimum Gasteiger partial charge on any atom is -0.473 e. The van der Waals surface area contributed by atoms with Crippen molar-refractivity contribution in [3.8, 4) is 23.0 Å². The third-order valence-electron chi connectivity index (χ3n) is 6.51. The number of halogens is 6. The van der Waals surface area contributed by atoms with Crippen molar-refractivity contribution in [1.82, 2.24) is 33.7 Å². The lowest BCUT2D eigenvalue weighted by Gasteiger charge is -2.30. The summed E-state index contributed by atoms with van der Waals surface area (Å²) in [4.78, 5) is 17.1. The molecule has 1 aliphatic heterocycles. The number of alkyl halides is 6. The smallest absolute Gasteiger partial charge is 0.435 e. The summed E-state index contributed by atoms with van der Waals surface area (Å²) >= 11 is 0. The minimum absolute atomic E-state index is 0.165. The highest BCUT2D eigenvalue weighted by molar-refractivity contribution is 7.88. The molecule has 3 aromatic rings. The summed E-state index contributed by atoms with van der Waals surface area (Å²) in [5.41, 5.74) is -4.01. The minimum atomic E-state index is -4.92. The number of imidazole rings is 1. The molecule has 4 rings (SSSR count). The molecule has 3 aromatic heterocycles. The van der Waals surface area contributed by atoms with Gasteiger partial charge in [-0.25, -0.2) is 32.7 Å². The van der Waals surface area contributed by atoms with Crippen molar-refractivity contribution in [3.05, 3.63) is 42.1 Å². The molecule has 0 aromatic carbocycles. The van der Waals surface area contributed by atoms with Gasteiger partial charge in [-0.2, -0.15) is 26.3 Å². The zero-order valence-corrected chi connectivity index (χ0v) is 24.4. The van der Waals surface area contributed by atoms with Crippen LogP contribution in [0.4, 0.5) is 32.3 Å². The second-order valence-electron chi connectivity index (χ2n) is 10.4. The van der Waals surface area contributed by atoms with E-state index >= 15 is 0 Å². The highest BCUT2D eigenvalue weighted by atomic mass is 32.2. The van der Waals surface area contributed by atoms with Crippen LogP contribution in [0.2, 0.25) is 0 Å². The van der Waals surface area contributed by atoms with Crippen molar-refractivity contribution in [1.29, 1.82) is 0 Å². The van der Waals surface area contributed by atoms with Crippen molar-refractivity contribution < 1.29 is 39.5 Å². The van der Waals surface area contributed by atoms with Gasteiger partial charge in [0, 0.05) is 44.1 Å². The number of anilines is 1. The fraction of sp³-hybridized carbons (Fsp3) is 0.520. The van der Waals surface area contributed by atoms with Crippen molar-refractivity contribution in [2.75, 3.05) is 45.3 Å². The van der Waals surface area contributed by atoms with Gasteiger partial charge in [0.05, 0.1) is 11.9 Å². The van der Waals surface area contributed by atoms with Crippen LogP contribution in [0, 0.1) is 0 Å². The monoisotopic (exact) mass is 636 g/mol. The van der Waals surface area contributed by atoms with E-state index in [1.807, 2.05) is 0 Å². The van der Waals surface area contributed by atoms with Crippen molar-refractivity contribution >= 4 is 16.0 Å². The Hall–Kier alpha value is -3.51. The summed E-state index contributed by atoms with van der Waals surface area (Å²) in [5.74, 6) is -0.430. The first-order valence-electron chi connectivity index (χ1n) is 13.0. The number of aromatic nitrogens is 5. The number of hydrogen-bond acceptors (Lipinski definition) is 9. The fourth-order valence-corrected chi connectivity index (χ4v) is 5.49. The Bertz CT molecular complexity index is 1540. The van der Waals surface area contributed by atoms with Gasteiger partial charge in [0.1, 0.15) is 29.4 Å². The van der Waals surface area contributed by atoms with E-state index in [1.54, 1.807) is 25.9 Å². The third kappa shape index (κ3) is 8.11. The molecule has 1 fully saturated rings. The molecule has 0 amide bonds. The quantitative estimate of drug-likeness (QED) is 0.349. The normalized spacial score (nSPS) is 16.4. The first-order chi connectivity index (χ1) is 19.9. The van der Waals surface area contributed by atoms with Gasteiger partial charge < -0.3 is 19.5 Å².